The molecule has 2 heterocycles. The van der Waals surface area contributed by atoms with Crippen LogP contribution in [0.3, 0.4) is 0 Å². The first-order valence-corrected chi connectivity index (χ1v) is 8.45. The van der Waals surface area contributed by atoms with Crippen molar-refractivity contribution >= 4 is 10.0 Å². The minimum Gasteiger partial charge on any atom is -0.352 e. The smallest absolute Gasteiger partial charge is 0.244 e. The first-order valence-electron chi connectivity index (χ1n) is 7.01. The summed E-state index contributed by atoms with van der Waals surface area (Å²) >= 11 is 0. The van der Waals surface area contributed by atoms with Gasteiger partial charge in [-0.15, -0.1) is 0 Å². The number of nitrogens with zero attached hydrogens (tertiary/aromatic N) is 2. The quantitative estimate of drug-likeness (QED) is 0.920. The van der Waals surface area contributed by atoms with Crippen LogP contribution in [0.2, 0.25) is 0 Å². The van der Waals surface area contributed by atoms with E-state index >= 15 is 0 Å². The number of hydrogen-bond donors (Lipinski definition) is 1. The van der Waals surface area contributed by atoms with E-state index in [0.717, 1.165) is 12.1 Å². The molecule has 0 spiro atoms. The van der Waals surface area contributed by atoms with Crippen LogP contribution in [0.5, 0.6) is 0 Å². The summed E-state index contributed by atoms with van der Waals surface area (Å²) in [6.07, 6.45) is 2.58. The van der Waals surface area contributed by atoms with Gasteiger partial charge in [-0.25, -0.2) is 8.42 Å². The second kappa shape index (κ2) is 5.16. The minimum atomic E-state index is -3.39. The zero-order chi connectivity index (χ0) is 15.1. The molecular weight excluding hydrogens is 274 g/mol. The highest BCUT2D eigenvalue weighted by Crippen LogP contribution is 2.35. The SMILES string of the molecule is Cn1cc(S(=O)(=O)N2CCC(C(C)(C)C)C2)cc1CN. The van der Waals surface area contributed by atoms with E-state index in [9.17, 15) is 8.42 Å². The number of nitrogens with two attached hydrogens (primary N) is 1. The first kappa shape index (κ1) is 15.5. The average molecular weight is 299 g/mol. The average Bonchev–Trinajstić information content (AvgIpc) is 2.94. The Labute approximate surface area is 121 Å². The van der Waals surface area contributed by atoms with Gasteiger partial charge in [-0.3, -0.25) is 0 Å². The van der Waals surface area contributed by atoms with E-state index in [1.165, 1.54) is 0 Å². The molecule has 1 atom stereocenters. The number of sulfonamides is 1. The molecule has 0 aromatic carbocycles. The molecular formula is C14H25N3O2S. The maximum atomic E-state index is 12.7. The second-order valence-corrected chi connectivity index (χ2v) is 8.63. The summed E-state index contributed by atoms with van der Waals surface area (Å²) < 4.78 is 28.7. The maximum Gasteiger partial charge on any atom is 0.244 e. The molecule has 20 heavy (non-hydrogen) atoms. The van der Waals surface area contributed by atoms with Gasteiger partial charge in [0.2, 0.25) is 10.0 Å². The van der Waals surface area contributed by atoms with Crippen molar-refractivity contribution in [3.63, 3.8) is 0 Å². The Balaban J connectivity index is 2.23. The number of aromatic nitrogens is 1. The minimum absolute atomic E-state index is 0.142. The zero-order valence-corrected chi connectivity index (χ0v) is 13.6. The van der Waals surface area contributed by atoms with Crippen LogP contribution in [-0.2, 0) is 23.6 Å². The summed E-state index contributed by atoms with van der Waals surface area (Å²) in [6, 6.07) is 1.68. The van der Waals surface area contributed by atoms with Gasteiger partial charge in [0.15, 0.2) is 0 Å². The van der Waals surface area contributed by atoms with Crippen molar-refractivity contribution in [2.75, 3.05) is 13.1 Å². The van der Waals surface area contributed by atoms with Crippen LogP contribution < -0.4 is 5.73 Å². The third kappa shape index (κ3) is 2.77. The summed E-state index contributed by atoms with van der Waals surface area (Å²) in [7, 11) is -1.56. The molecule has 1 fully saturated rings. The molecule has 1 aromatic heterocycles. The van der Waals surface area contributed by atoms with Gasteiger partial charge >= 0.3 is 0 Å². The summed E-state index contributed by atoms with van der Waals surface area (Å²) in [6.45, 7) is 8.07. The Hall–Kier alpha value is -0.850. The molecule has 1 unspecified atom stereocenters. The van der Waals surface area contributed by atoms with E-state index in [1.807, 2.05) is 7.05 Å². The molecule has 0 bridgehead atoms. The van der Waals surface area contributed by atoms with E-state index in [2.05, 4.69) is 20.8 Å². The van der Waals surface area contributed by atoms with Crippen LogP contribution >= 0.6 is 0 Å². The molecule has 2 rings (SSSR count). The molecule has 1 aliphatic heterocycles. The van der Waals surface area contributed by atoms with Gasteiger partial charge in [0.05, 0.1) is 0 Å². The molecule has 6 heteroatoms. The number of hydrogen-bond acceptors (Lipinski definition) is 3. The van der Waals surface area contributed by atoms with Crippen molar-refractivity contribution in [3.05, 3.63) is 18.0 Å². The van der Waals surface area contributed by atoms with Crippen LogP contribution in [0.4, 0.5) is 0 Å². The third-order valence-corrected chi connectivity index (χ3v) is 6.14. The standard InChI is InChI=1S/C14H25N3O2S/c1-14(2,3)11-5-6-17(9-11)20(18,19)13-7-12(8-15)16(4)10-13/h7,10-11H,5-6,8-9,15H2,1-4H3. The van der Waals surface area contributed by atoms with E-state index in [1.54, 1.807) is 21.1 Å². The normalized spacial score (nSPS) is 21.6. The third-order valence-electron chi connectivity index (χ3n) is 4.31. The fraction of sp³-hybridized carbons (Fsp3) is 0.714. The summed E-state index contributed by atoms with van der Waals surface area (Å²) in [4.78, 5) is 0.356. The number of aryl methyl sites for hydroxylation is 1. The molecule has 0 saturated carbocycles. The summed E-state index contributed by atoms with van der Waals surface area (Å²) in [5, 5.41) is 0. The predicted octanol–water partition coefficient (Wildman–Crippen LogP) is 1.54. The fourth-order valence-electron chi connectivity index (χ4n) is 2.72. The lowest BCUT2D eigenvalue weighted by molar-refractivity contribution is 0.252. The molecule has 114 valence electrons. The Morgan fingerprint density at radius 3 is 2.50 bits per heavy atom. The van der Waals surface area contributed by atoms with Crippen molar-refractivity contribution in [1.82, 2.24) is 8.87 Å². The predicted molar refractivity (Wildman–Crippen MR) is 79.6 cm³/mol. The highest BCUT2D eigenvalue weighted by atomic mass is 32.2. The Morgan fingerprint density at radius 2 is 2.05 bits per heavy atom. The van der Waals surface area contributed by atoms with Crippen molar-refractivity contribution < 1.29 is 8.42 Å². The topological polar surface area (TPSA) is 68.3 Å². The van der Waals surface area contributed by atoms with E-state index in [4.69, 9.17) is 5.73 Å². The Bertz CT molecular complexity index is 584. The van der Waals surface area contributed by atoms with Crippen molar-refractivity contribution in [3.8, 4) is 0 Å². The lowest BCUT2D eigenvalue weighted by Gasteiger charge is -2.26. The molecule has 1 saturated heterocycles. The molecule has 1 aromatic rings. The van der Waals surface area contributed by atoms with Crippen molar-refractivity contribution in [1.29, 1.82) is 0 Å². The Morgan fingerprint density at radius 1 is 1.40 bits per heavy atom. The van der Waals surface area contributed by atoms with Gasteiger partial charge < -0.3 is 10.3 Å². The Kier molecular flexibility index (Phi) is 4.01. The molecule has 0 amide bonds. The molecule has 5 nitrogen and oxygen atoms in total. The molecule has 2 N–H and O–H groups in total. The molecule has 0 radical (unpaired) electrons. The monoisotopic (exact) mass is 299 g/mol. The van der Waals surface area contributed by atoms with Crippen LogP contribution in [-0.4, -0.2) is 30.4 Å². The van der Waals surface area contributed by atoms with Gasteiger partial charge in [-0.05, 0) is 23.8 Å². The lowest BCUT2D eigenvalue weighted by Crippen LogP contribution is -2.31. The highest BCUT2D eigenvalue weighted by molar-refractivity contribution is 7.89. The van der Waals surface area contributed by atoms with Crippen LogP contribution in [0.1, 0.15) is 32.9 Å². The highest BCUT2D eigenvalue weighted by Gasteiger charge is 2.38. The maximum absolute atomic E-state index is 12.7. The largest absolute Gasteiger partial charge is 0.352 e. The molecule has 1 aliphatic rings. The second-order valence-electron chi connectivity index (χ2n) is 6.70. The van der Waals surface area contributed by atoms with E-state index < -0.39 is 10.0 Å². The van der Waals surface area contributed by atoms with Crippen molar-refractivity contribution in [2.45, 2.75) is 38.6 Å². The van der Waals surface area contributed by atoms with Gasteiger partial charge in [0.1, 0.15) is 4.90 Å². The van der Waals surface area contributed by atoms with Gasteiger partial charge in [-0.1, -0.05) is 20.8 Å². The fourth-order valence-corrected chi connectivity index (χ4v) is 4.32. The zero-order valence-electron chi connectivity index (χ0n) is 12.8. The van der Waals surface area contributed by atoms with Gasteiger partial charge in [0, 0.05) is 38.6 Å². The molecule has 0 aliphatic carbocycles. The van der Waals surface area contributed by atoms with Crippen LogP contribution in [0, 0.1) is 11.3 Å². The number of rotatable bonds is 3. The van der Waals surface area contributed by atoms with Gasteiger partial charge in [0.25, 0.3) is 0 Å². The first-order chi connectivity index (χ1) is 9.16. The van der Waals surface area contributed by atoms with E-state index in [-0.39, 0.29) is 5.41 Å². The lowest BCUT2D eigenvalue weighted by atomic mass is 9.80. The van der Waals surface area contributed by atoms with Crippen molar-refractivity contribution in [2.24, 2.45) is 24.1 Å². The van der Waals surface area contributed by atoms with Crippen LogP contribution in [0.15, 0.2) is 17.2 Å². The van der Waals surface area contributed by atoms with Gasteiger partial charge in [-0.2, -0.15) is 4.31 Å². The summed E-state index contributed by atoms with van der Waals surface area (Å²) in [5.74, 6) is 0.412. The van der Waals surface area contributed by atoms with E-state index in [0.29, 0.717) is 30.4 Å². The summed E-state index contributed by atoms with van der Waals surface area (Å²) in [5.41, 5.74) is 6.58. The van der Waals surface area contributed by atoms with Crippen LogP contribution in [0.25, 0.3) is 0 Å².